The first-order chi connectivity index (χ1) is 8.75. The Bertz CT molecular complexity index is 555. The second-order valence-electron chi connectivity index (χ2n) is 4.85. The lowest BCUT2D eigenvalue weighted by Crippen LogP contribution is -3.00. The van der Waals surface area contributed by atoms with E-state index in [-0.39, 0.29) is 24.4 Å². The third-order valence-corrected chi connectivity index (χ3v) is 3.48. The van der Waals surface area contributed by atoms with Gasteiger partial charge in [-0.3, -0.25) is 0 Å². The van der Waals surface area contributed by atoms with Gasteiger partial charge in [-0.1, -0.05) is 36.4 Å². The van der Waals surface area contributed by atoms with E-state index in [1.165, 1.54) is 0 Å². The van der Waals surface area contributed by atoms with Gasteiger partial charge in [-0.15, -0.1) is 0 Å². The number of quaternary nitrogens is 1. The number of benzene rings is 1. The van der Waals surface area contributed by atoms with Gasteiger partial charge in [0.15, 0.2) is 6.04 Å². The molecule has 0 radical (unpaired) electrons. The predicted molar refractivity (Wildman–Crippen MR) is 67.3 cm³/mol. The maximum atomic E-state index is 13.9. The molecule has 4 heteroatoms. The van der Waals surface area contributed by atoms with Crippen LogP contribution >= 0.6 is 0 Å². The molecule has 2 nitrogen and oxygen atoms in total. The van der Waals surface area contributed by atoms with Crippen molar-refractivity contribution >= 4 is 0 Å². The van der Waals surface area contributed by atoms with Gasteiger partial charge < -0.3 is 18.1 Å². The van der Waals surface area contributed by atoms with E-state index in [0.717, 1.165) is 24.0 Å². The fraction of sp³-hybridized carbons (Fsp3) is 0.267. The summed E-state index contributed by atoms with van der Waals surface area (Å²) < 4.78 is 13.9. The molecular weight excluding hydrogens is 263 g/mol. The molecular formula is C15H16ClFN2. The zero-order valence-electron chi connectivity index (χ0n) is 10.5. The second-order valence-corrected chi connectivity index (χ2v) is 4.85. The lowest BCUT2D eigenvalue weighted by Gasteiger charge is -2.09. The molecule has 3 rings (SSSR count). The first-order valence-corrected chi connectivity index (χ1v) is 6.30. The topological polar surface area (TPSA) is 40.5 Å². The summed E-state index contributed by atoms with van der Waals surface area (Å²) >= 11 is 0. The maximum absolute atomic E-state index is 13.9. The van der Waals surface area contributed by atoms with Crippen LogP contribution in [0.2, 0.25) is 0 Å². The smallest absolute Gasteiger partial charge is 0.216 e. The molecule has 1 atom stereocenters. The Balaban J connectivity index is 0.00000133. The molecule has 1 aliphatic carbocycles. The highest BCUT2D eigenvalue weighted by Crippen LogP contribution is 2.41. The number of hydrogen-bond acceptors (Lipinski definition) is 1. The van der Waals surface area contributed by atoms with Gasteiger partial charge in [0.2, 0.25) is 5.95 Å². The zero-order chi connectivity index (χ0) is 12.5. The quantitative estimate of drug-likeness (QED) is 0.751. The molecule has 100 valence electrons. The molecule has 0 saturated heterocycles. The van der Waals surface area contributed by atoms with Crippen LogP contribution in [0.5, 0.6) is 0 Å². The van der Waals surface area contributed by atoms with Crippen molar-refractivity contribution in [3.63, 3.8) is 0 Å². The predicted octanol–water partition coefficient (Wildman–Crippen LogP) is -0.567. The van der Waals surface area contributed by atoms with Crippen LogP contribution in [-0.2, 0) is 0 Å². The Kier molecular flexibility index (Phi) is 4.17. The van der Waals surface area contributed by atoms with Gasteiger partial charge in [0, 0.05) is 11.1 Å². The highest BCUT2D eigenvalue weighted by Gasteiger charge is 2.28. The van der Waals surface area contributed by atoms with Crippen LogP contribution in [0.3, 0.4) is 0 Å². The van der Waals surface area contributed by atoms with Crippen LogP contribution in [0, 0.1) is 5.95 Å². The molecule has 0 aliphatic heterocycles. The Morgan fingerprint density at radius 1 is 1.11 bits per heavy atom. The van der Waals surface area contributed by atoms with Crippen LogP contribution in [0.15, 0.2) is 42.5 Å². The van der Waals surface area contributed by atoms with E-state index in [4.69, 9.17) is 0 Å². The van der Waals surface area contributed by atoms with E-state index in [0.29, 0.717) is 11.6 Å². The summed E-state index contributed by atoms with van der Waals surface area (Å²) in [7, 11) is 0. The van der Waals surface area contributed by atoms with E-state index >= 15 is 0 Å². The minimum Gasteiger partial charge on any atom is -1.00 e. The average molecular weight is 279 g/mol. The fourth-order valence-electron chi connectivity index (χ4n) is 2.21. The van der Waals surface area contributed by atoms with E-state index in [9.17, 15) is 4.39 Å². The van der Waals surface area contributed by atoms with Gasteiger partial charge in [0.1, 0.15) is 5.69 Å². The van der Waals surface area contributed by atoms with Crippen molar-refractivity contribution < 1.29 is 22.5 Å². The van der Waals surface area contributed by atoms with Crippen molar-refractivity contribution in [2.45, 2.75) is 24.8 Å². The highest BCUT2D eigenvalue weighted by molar-refractivity contribution is 5.29. The molecule has 1 saturated carbocycles. The molecule has 1 heterocycles. The lowest BCUT2D eigenvalue weighted by molar-refractivity contribution is -0.412. The van der Waals surface area contributed by atoms with Crippen LogP contribution in [0.25, 0.3) is 0 Å². The first kappa shape index (κ1) is 14.0. The lowest BCUT2D eigenvalue weighted by atomic mass is 10.0. The molecule has 19 heavy (non-hydrogen) atoms. The molecule has 0 spiro atoms. The van der Waals surface area contributed by atoms with Crippen molar-refractivity contribution in [1.29, 1.82) is 0 Å². The Hall–Kier alpha value is -1.45. The molecule has 1 fully saturated rings. The molecule has 2 aromatic rings. The number of nitrogens with zero attached hydrogens (tertiary/aromatic N) is 1. The van der Waals surface area contributed by atoms with Crippen molar-refractivity contribution in [3.8, 4) is 0 Å². The number of rotatable bonds is 3. The number of aromatic nitrogens is 1. The van der Waals surface area contributed by atoms with Gasteiger partial charge in [0.05, 0.1) is 0 Å². The van der Waals surface area contributed by atoms with E-state index in [2.05, 4.69) is 10.7 Å². The summed E-state index contributed by atoms with van der Waals surface area (Å²) in [6.45, 7) is 0. The van der Waals surface area contributed by atoms with E-state index in [1.54, 1.807) is 0 Å². The SMILES string of the molecule is [Cl-].[NH3+][C@@H](c1ccccc1)c1ccc(C2CC2)c(F)n1. The Morgan fingerprint density at radius 2 is 1.79 bits per heavy atom. The summed E-state index contributed by atoms with van der Waals surface area (Å²) in [6, 6.07) is 13.5. The van der Waals surface area contributed by atoms with Crippen LogP contribution in [0.1, 0.15) is 41.6 Å². The van der Waals surface area contributed by atoms with Gasteiger partial charge in [-0.2, -0.15) is 4.39 Å². The molecule has 0 amide bonds. The van der Waals surface area contributed by atoms with Crippen molar-refractivity contribution in [2.24, 2.45) is 0 Å². The zero-order valence-corrected chi connectivity index (χ0v) is 11.3. The van der Waals surface area contributed by atoms with Crippen molar-refractivity contribution in [2.75, 3.05) is 0 Å². The molecule has 0 bridgehead atoms. The number of halogens is 2. The van der Waals surface area contributed by atoms with Crippen LogP contribution in [-0.4, -0.2) is 4.98 Å². The van der Waals surface area contributed by atoms with Gasteiger partial charge in [0.25, 0.3) is 0 Å². The summed E-state index contributed by atoms with van der Waals surface area (Å²) in [5.41, 5.74) is 6.60. The Labute approximate surface area is 118 Å². The second kappa shape index (κ2) is 5.68. The molecule has 0 unspecified atom stereocenters. The maximum Gasteiger partial charge on any atom is 0.216 e. The molecule has 1 aliphatic rings. The normalized spacial score (nSPS) is 15.7. The summed E-state index contributed by atoms with van der Waals surface area (Å²) in [5, 5.41) is 0. The third-order valence-electron chi connectivity index (χ3n) is 3.48. The van der Waals surface area contributed by atoms with Crippen molar-refractivity contribution in [1.82, 2.24) is 4.98 Å². The highest BCUT2D eigenvalue weighted by atomic mass is 35.5. The van der Waals surface area contributed by atoms with Crippen molar-refractivity contribution in [3.05, 3.63) is 65.2 Å². The number of pyridine rings is 1. The third kappa shape index (κ3) is 2.94. The average Bonchev–Trinajstić information content (AvgIpc) is 3.23. The van der Waals surface area contributed by atoms with Crippen LogP contribution < -0.4 is 18.1 Å². The van der Waals surface area contributed by atoms with Gasteiger partial charge in [-0.05, 0) is 24.8 Å². The summed E-state index contributed by atoms with van der Waals surface area (Å²) in [5.74, 6) is 0.0751. The van der Waals surface area contributed by atoms with E-state index in [1.807, 2.05) is 42.5 Å². The summed E-state index contributed by atoms with van der Waals surface area (Å²) in [6.07, 6.45) is 2.18. The van der Waals surface area contributed by atoms with Gasteiger partial charge >= 0.3 is 0 Å². The summed E-state index contributed by atoms with van der Waals surface area (Å²) in [4.78, 5) is 4.08. The minimum atomic E-state index is -0.320. The van der Waals surface area contributed by atoms with Gasteiger partial charge in [-0.25, -0.2) is 4.98 Å². The molecule has 1 aromatic carbocycles. The largest absolute Gasteiger partial charge is 1.00 e. The number of hydrogen-bond donors (Lipinski definition) is 1. The van der Waals surface area contributed by atoms with Crippen LogP contribution in [0.4, 0.5) is 4.39 Å². The van der Waals surface area contributed by atoms with E-state index < -0.39 is 0 Å². The minimum absolute atomic E-state index is 0. The molecule has 1 aromatic heterocycles. The standard InChI is InChI=1S/C15H15FN2.ClH/c16-15-12(10-6-7-10)8-9-13(18-15)14(17)11-4-2-1-3-5-11;/h1-5,8-10,14H,6-7,17H2;1H/t14-;/m0./s1. The fourth-order valence-corrected chi connectivity index (χ4v) is 2.21. The monoisotopic (exact) mass is 278 g/mol. The molecule has 3 N–H and O–H groups in total. The Morgan fingerprint density at radius 3 is 2.37 bits per heavy atom. The first-order valence-electron chi connectivity index (χ1n) is 6.30.